The van der Waals surface area contributed by atoms with Crippen LogP contribution >= 0.6 is 11.6 Å². The summed E-state index contributed by atoms with van der Waals surface area (Å²) in [6, 6.07) is 8.34. The summed E-state index contributed by atoms with van der Waals surface area (Å²) in [5.74, 6) is -1.45. The van der Waals surface area contributed by atoms with E-state index in [1.165, 1.54) is 0 Å². The molecule has 0 unspecified atom stereocenters. The lowest BCUT2D eigenvalue weighted by molar-refractivity contribution is -0.126. The van der Waals surface area contributed by atoms with Gasteiger partial charge in [0.2, 0.25) is 4.87 Å². The first-order valence-corrected chi connectivity index (χ1v) is 4.28. The summed E-state index contributed by atoms with van der Waals surface area (Å²) in [6.07, 6.45) is 0. The Morgan fingerprint density at radius 2 is 1.50 bits per heavy atom. The number of benzene rings is 1. The molecule has 0 radical (unpaired) electrons. The second-order valence-corrected chi connectivity index (χ2v) is 3.40. The summed E-state index contributed by atoms with van der Waals surface area (Å²) in [5.41, 5.74) is 0.404. The Kier molecular flexibility index (Phi) is 1.93. The molecule has 2 rings (SSSR count). The lowest BCUT2D eigenvalue weighted by Gasteiger charge is -2.13. The fraction of sp³-hybridized carbons (Fsp3) is 0.111. The minimum Gasteiger partial charge on any atom is -0.268 e. The quantitative estimate of drug-likeness (QED) is 0.520. The Labute approximate surface area is 84.6 Å². The molecule has 1 aromatic carbocycles. The maximum atomic E-state index is 11.3. The van der Waals surface area contributed by atoms with Crippen molar-refractivity contribution in [3.63, 3.8) is 0 Å². The molecule has 5 heteroatoms. The van der Waals surface area contributed by atoms with Crippen molar-refractivity contribution in [1.29, 1.82) is 0 Å². The predicted molar refractivity (Wildman–Crippen MR) is 48.8 cm³/mol. The van der Waals surface area contributed by atoms with Crippen LogP contribution in [0.4, 0.5) is 0 Å². The zero-order valence-electron chi connectivity index (χ0n) is 6.98. The molecule has 1 aromatic rings. The molecule has 14 heavy (non-hydrogen) atoms. The van der Waals surface area contributed by atoms with Crippen LogP contribution in [0.25, 0.3) is 0 Å². The van der Waals surface area contributed by atoms with Crippen molar-refractivity contribution in [2.45, 2.75) is 4.87 Å². The van der Waals surface area contributed by atoms with Crippen molar-refractivity contribution >= 4 is 23.4 Å². The number of halogens is 1. The number of hydrogen-bond acceptors (Lipinski definition) is 2. The van der Waals surface area contributed by atoms with Crippen molar-refractivity contribution in [3.05, 3.63) is 35.9 Å². The number of alkyl halides is 1. The molecule has 4 nitrogen and oxygen atoms in total. The first-order valence-electron chi connectivity index (χ1n) is 3.91. The first kappa shape index (κ1) is 9.02. The van der Waals surface area contributed by atoms with Crippen molar-refractivity contribution in [2.24, 2.45) is 10.2 Å². The van der Waals surface area contributed by atoms with Gasteiger partial charge in [-0.1, -0.05) is 41.9 Å². The standard InChI is InChI=1S/C9H5ClN2O2/c10-9(6-4-2-1-3-5-6)7(13)11-12-8(9)14/h1-5H. The summed E-state index contributed by atoms with van der Waals surface area (Å²) in [4.78, 5) is 20.9. The molecule has 70 valence electrons. The highest BCUT2D eigenvalue weighted by molar-refractivity contribution is 6.47. The van der Waals surface area contributed by atoms with Crippen LogP contribution in [-0.4, -0.2) is 11.8 Å². The molecular formula is C9H5ClN2O2. The average Bonchev–Trinajstić information content (AvgIpc) is 2.49. The monoisotopic (exact) mass is 208 g/mol. The predicted octanol–water partition coefficient (Wildman–Crippen LogP) is 1.64. The molecule has 0 N–H and O–H groups in total. The second-order valence-electron chi connectivity index (χ2n) is 2.83. The van der Waals surface area contributed by atoms with Gasteiger partial charge in [0.1, 0.15) is 0 Å². The molecule has 1 aliphatic rings. The zero-order chi connectivity index (χ0) is 10.2. The number of azo groups is 1. The fourth-order valence-electron chi connectivity index (χ4n) is 1.23. The molecule has 0 spiro atoms. The van der Waals surface area contributed by atoms with Gasteiger partial charge in [0.05, 0.1) is 0 Å². The lowest BCUT2D eigenvalue weighted by atomic mass is 9.98. The zero-order valence-corrected chi connectivity index (χ0v) is 7.73. The minimum atomic E-state index is -1.73. The van der Waals surface area contributed by atoms with Gasteiger partial charge in [-0.15, -0.1) is 10.2 Å². The third-order valence-electron chi connectivity index (χ3n) is 1.99. The number of carbonyl (C=O) groups is 2. The van der Waals surface area contributed by atoms with E-state index in [-0.39, 0.29) is 0 Å². The third kappa shape index (κ3) is 1.08. The molecule has 0 saturated heterocycles. The fourth-order valence-corrected chi connectivity index (χ4v) is 1.44. The van der Waals surface area contributed by atoms with E-state index < -0.39 is 16.7 Å². The Hall–Kier alpha value is -1.55. The normalized spacial score (nSPS) is 18.9. The van der Waals surface area contributed by atoms with Gasteiger partial charge >= 0.3 is 0 Å². The molecule has 0 fully saturated rings. The molecular weight excluding hydrogens is 204 g/mol. The van der Waals surface area contributed by atoms with Crippen LogP contribution in [0.2, 0.25) is 0 Å². The van der Waals surface area contributed by atoms with Gasteiger partial charge < -0.3 is 0 Å². The SMILES string of the molecule is O=C1N=NC(=O)C1(Cl)c1ccccc1. The van der Waals surface area contributed by atoms with Gasteiger partial charge in [-0.2, -0.15) is 0 Å². The molecule has 0 aliphatic carbocycles. The van der Waals surface area contributed by atoms with E-state index in [0.717, 1.165) is 0 Å². The Balaban J connectivity index is 2.53. The highest BCUT2D eigenvalue weighted by atomic mass is 35.5. The maximum Gasteiger partial charge on any atom is 0.299 e. The third-order valence-corrected chi connectivity index (χ3v) is 2.53. The second kappa shape index (κ2) is 2.99. The Morgan fingerprint density at radius 3 is 2.00 bits per heavy atom. The maximum absolute atomic E-state index is 11.3. The van der Waals surface area contributed by atoms with Crippen LogP contribution in [0.1, 0.15) is 5.56 Å². The van der Waals surface area contributed by atoms with Crippen molar-refractivity contribution in [1.82, 2.24) is 0 Å². The summed E-state index contributed by atoms with van der Waals surface area (Å²) in [7, 11) is 0. The van der Waals surface area contributed by atoms with Crippen molar-refractivity contribution < 1.29 is 9.59 Å². The highest BCUT2D eigenvalue weighted by Crippen LogP contribution is 2.35. The van der Waals surface area contributed by atoms with E-state index in [1.54, 1.807) is 30.3 Å². The van der Waals surface area contributed by atoms with Gasteiger partial charge in [-0.25, -0.2) is 0 Å². The van der Waals surface area contributed by atoms with Gasteiger partial charge in [-0.05, 0) is 5.56 Å². The molecule has 0 aromatic heterocycles. The van der Waals surface area contributed by atoms with E-state index in [9.17, 15) is 9.59 Å². The van der Waals surface area contributed by atoms with E-state index in [0.29, 0.717) is 5.56 Å². The largest absolute Gasteiger partial charge is 0.299 e. The Bertz CT molecular complexity index is 410. The van der Waals surface area contributed by atoms with Gasteiger partial charge in [-0.3, -0.25) is 9.59 Å². The van der Waals surface area contributed by atoms with E-state index in [1.807, 2.05) is 0 Å². The van der Waals surface area contributed by atoms with E-state index in [4.69, 9.17) is 11.6 Å². The number of hydrogen-bond donors (Lipinski definition) is 0. The van der Waals surface area contributed by atoms with Crippen LogP contribution in [-0.2, 0) is 14.5 Å². The van der Waals surface area contributed by atoms with Crippen LogP contribution in [0.5, 0.6) is 0 Å². The van der Waals surface area contributed by atoms with Crippen LogP contribution in [0, 0.1) is 0 Å². The Morgan fingerprint density at radius 1 is 1.00 bits per heavy atom. The smallest absolute Gasteiger partial charge is 0.268 e. The molecule has 2 amide bonds. The summed E-state index contributed by atoms with van der Waals surface area (Å²) in [5, 5.41) is 6.30. The van der Waals surface area contributed by atoms with E-state index in [2.05, 4.69) is 10.2 Å². The van der Waals surface area contributed by atoms with Gasteiger partial charge in [0.15, 0.2) is 0 Å². The van der Waals surface area contributed by atoms with Crippen LogP contribution < -0.4 is 0 Å². The van der Waals surface area contributed by atoms with Gasteiger partial charge in [0, 0.05) is 0 Å². The number of amides is 2. The van der Waals surface area contributed by atoms with E-state index >= 15 is 0 Å². The highest BCUT2D eigenvalue weighted by Gasteiger charge is 2.50. The van der Waals surface area contributed by atoms with Crippen molar-refractivity contribution in [3.8, 4) is 0 Å². The first-order chi connectivity index (χ1) is 6.65. The minimum absolute atomic E-state index is 0.404. The topological polar surface area (TPSA) is 58.9 Å². The lowest BCUT2D eigenvalue weighted by Crippen LogP contribution is -2.31. The van der Waals surface area contributed by atoms with Crippen LogP contribution in [0.15, 0.2) is 40.6 Å². The summed E-state index contributed by atoms with van der Waals surface area (Å²) >= 11 is 5.91. The molecule has 0 saturated carbocycles. The number of rotatable bonds is 1. The molecule has 1 aliphatic heterocycles. The average molecular weight is 209 g/mol. The summed E-state index contributed by atoms with van der Waals surface area (Å²) in [6.45, 7) is 0. The van der Waals surface area contributed by atoms with Crippen molar-refractivity contribution in [2.75, 3.05) is 0 Å². The molecule has 1 heterocycles. The van der Waals surface area contributed by atoms with Gasteiger partial charge in [0.25, 0.3) is 11.8 Å². The molecule has 0 bridgehead atoms. The number of carbonyl (C=O) groups excluding carboxylic acids is 2. The number of nitrogens with zero attached hydrogens (tertiary/aromatic N) is 2. The summed E-state index contributed by atoms with van der Waals surface area (Å²) < 4.78 is 0. The van der Waals surface area contributed by atoms with Crippen LogP contribution in [0.3, 0.4) is 0 Å². The molecule has 0 atom stereocenters.